The number of carbonyl (C=O) groups is 2. The second-order valence-corrected chi connectivity index (χ2v) is 6.74. The van der Waals surface area contributed by atoms with Crippen LogP contribution in [-0.4, -0.2) is 26.2 Å². The van der Waals surface area contributed by atoms with Crippen molar-refractivity contribution in [2.75, 3.05) is 24.9 Å². The minimum atomic E-state index is -0.370. The van der Waals surface area contributed by atoms with E-state index in [1.165, 1.54) is 7.11 Å². The zero-order valence-corrected chi connectivity index (χ0v) is 16.6. The molecule has 152 valence electrons. The first-order valence-corrected chi connectivity index (χ1v) is 9.39. The smallest absolute Gasteiger partial charge is 0.323 e. The molecule has 30 heavy (non-hydrogen) atoms. The van der Waals surface area contributed by atoms with Crippen molar-refractivity contribution in [3.63, 3.8) is 0 Å². The Kier molecular flexibility index (Phi) is 5.26. The van der Waals surface area contributed by atoms with Crippen LogP contribution in [0, 0.1) is 0 Å². The highest BCUT2D eigenvalue weighted by molar-refractivity contribution is 6.01. The summed E-state index contributed by atoms with van der Waals surface area (Å²) in [5.74, 6) is 1.07. The molecule has 7 nitrogen and oxygen atoms in total. The lowest BCUT2D eigenvalue weighted by Crippen LogP contribution is -2.19. The third-order valence-corrected chi connectivity index (χ3v) is 4.94. The molecule has 3 N–H and O–H groups in total. The van der Waals surface area contributed by atoms with Crippen LogP contribution in [0.25, 0.3) is 11.1 Å². The molecule has 0 fully saturated rings. The zero-order valence-electron chi connectivity index (χ0n) is 16.6. The fourth-order valence-electron chi connectivity index (χ4n) is 3.46. The molecule has 4 rings (SSSR count). The first kappa shape index (κ1) is 19.3. The third kappa shape index (κ3) is 3.77. The number of urea groups is 1. The van der Waals surface area contributed by atoms with Gasteiger partial charge in [0.05, 0.1) is 14.2 Å². The summed E-state index contributed by atoms with van der Waals surface area (Å²) < 4.78 is 10.4. The molecule has 3 amide bonds. The van der Waals surface area contributed by atoms with E-state index in [1.807, 2.05) is 42.5 Å². The van der Waals surface area contributed by atoms with Gasteiger partial charge >= 0.3 is 6.03 Å². The number of methoxy groups -OCH3 is 2. The molecule has 1 aliphatic rings. The molecule has 0 saturated carbocycles. The minimum absolute atomic E-state index is 0.0445. The van der Waals surface area contributed by atoms with Gasteiger partial charge in [0.15, 0.2) is 11.5 Å². The monoisotopic (exact) mass is 403 g/mol. The molecule has 0 saturated heterocycles. The van der Waals surface area contributed by atoms with Crippen molar-refractivity contribution in [3.05, 3.63) is 71.8 Å². The number of fused-ring (bicyclic) bond motifs is 1. The lowest BCUT2D eigenvalue weighted by Gasteiger charge is -2.12. The van der Waals surface area contributed by atoms with Gasteiger partial charge in [-0.15, -0.1) is 0 Å². The topological polar surface area (TPSA) is 88.7 Å². The van der Waals surface area contributed by atoms with Crippen LogP contribution in [0.2, 0.25) is 0 Å². The average molecular weight is 403 g/mol. The van der Waals surface area contributed by atoms with Crippen LogP contribution in [0.5, 0.6) is 11.5 Å². The molecule has 0 atom stereocenters. The largest absolute Gasteiger partial charge is 0.493 e. The average Bonchev–Trinajstić information content (AvgIpc) is 3.15. The molecule has 0 radical (unpaired) electrons. The summed E-state index contributed by atoms with van der Waals surface area (Å²) in [4.78, 5) is 24.2. The molecular formula is C23H21N3O4. The van der Waals surface area contributed by atoms with Gasteiger partial charge in [-0.05, 0) is 47.0 Å². The Morgan fingerprint density at radius 3 is 2.27 bits per heavy atom. The Bertz CT molecular complexity index is 1110. The number of nitrogens with one attached hydrogen (secondary N) is 3. The van der Waals surface area contributed by atoms with Gasteiger partial charge in [-0.3, -0.25) is 4.79 Å². The number of carbonyl (C=O) groups excluding carboxylic acids is 2. The summed E-state index contributed by atoms with van der Waals surface area (Å²) in [6.07, 6.45) is 0. The molecule has 7 heteroatoms. The molecule has 0 unspecified atom stereocenters. The van der Waals surface area contributed by atoms with Gasteiger partial charge in [0, 0.05) is 29.5 Å². The molecule has 0 spiro atoms. The van der Waals surface area contributed by atoms with Gasteiger partial charge in [0.25, 0.3) is 5.91 Å². The van der Waals surface area contributed by atoms with E-state index in [9.17, 15) is 9.59 Å². The van der Waals surface area contributed by atoms with Gasteiger partial charge in [-0.1, -0.05) is 24.3 Å². The predicted octanol–water partition coefficient (Wildman–Crippen LogP) is 4.26. The maximum absolute atomic E-state index is 12.3. The van der Waals surface area contributed by atoms with Crippen molar-refractivity contribution >= 4 is 23.3 Å². The van der Waals surface area contributed by atoms with Crippen LogP contribution in [0.1, 0.15) is 15.9 Å². The van der Waals surface area contributed by atoms with E-state index in [2.05, 4.69) is 16.0 Å². The van der Waals surface area contributed by atoms with Gasteiger partial charge in [-0.2, -0.15) is 0 Å². The molecule has 0 aliphatic carbocycles. The number of hydrogen-bond acceptors (Lipinski definition) is 4. The quantitative estimate of drug-likeness (QED) is 0.594. The summed E-state index contributed by atoms with van der Waals surface area (Å²) in [5, 5.41) is 8.43. The zero-order chi connectivity index (χ0) is 21.1. The Hall–Kier alpha value is -4.00. The normalized spacial score (nSPS) is 12.0. The van der Waals surface area contributed by atoms with Crippen molar-refractivity contribution in [3.8, 4) is 22.6 Å². The van der Waals surface area contributed by atoms with E-state index < -0.39 is 0 Å². The van der Waals surface area contributed by atoms with Crippen LogP contribution in [0.4, 0.5) is 16.2 Å². The first-order valence-electron chi connectivity index (χ1n) is 9.39. The number of amides is 3. The standard InChI is InChI=1S/C23H21N3O4/c1-29-20-11-10-16(12-21(20)30-2)26-23(28)25-15-8-6-14(7-9-15)17-4-3-5-18-19(17)13-24-22(18)27/h3-12H,13H2,1-2H3,(H,24,27)(H2,25,26,28). The number of rotatable bonds is 5. The Morgan fingerprint density at radius 1 is 0.867 bits per heavy atom. The van der Waals surface area contributed by atoms with Gasteiger partial charge in [0.1, 0.15) is 0 Å². The highest BCUT2D eigenvalue weighted by Gasteiger charge is 2.21. The van der Waals surface area contributed by atoms with E-state index in [4.69, 9.17) is 9.47 Å². The fourth-order valence-corrected chi connectivity index (χ4v) is 3.46. The Balaban J connectivity index is 1.46. The van der Waals surface area contributed by atoms with Crippen molar-refractivity contribution in [2.24, 2.45) is 0 Å². The highest BCUT2D eigenvalue weighted by atomic mass is 16.5. The van der Waals surface area contributed by atoms with Crippen LogP contribution >= 0.6 is 0 Å². The lowest BCUT2D eigenvalue weighted by atomic mass is 9.97. The lowest BCUT2D eigenvalue weighted by molar-refractivity contribution is 0.0965. The number of anilines is 2. The Morgan fingerprint density at radius 2 is 1.53 bits per heavy atom. The van der Waals surface area contributed by atoms with E-state index in [-0.39, 0.29) is 11.9 Å². The van der Waals surface area contributed by atoms with Gasteiger partial charge in [0.2, 0.25) is 0 Å². The van der Waals surface area contributed by atoms with Crippen LogP contribution < -0.4 is 25.4 Å². The van der Waals surface area contributed by atoms with Crippen molar-refractivity contribution in [2.45, 2.75) is 6.54 Å². The molecule has 0 bridgehead atoms. The second-order valence-electron chi connectivity index (χ2n) is 6.74. The van der Waals surface area contributed by atoms with Crippen LogP contribution in [0.3, 0.4) is 0 Å². The van der Waals surface area contributed by atoms with E-state index in [1.54, 1.807) is 25.3 Å². The van der Waals surface area contributed by atoms with Crippen molar-refractivity contribution < 1.29 is 19.1 Å². The van der Waals surface area contributed by atoms with Crippen molar-refractivity contribution in [1.29, 1.82) is 0 Å². The van der Waals surface area contributed by atoms with Gasteiger partial charge < -0.3 is 25.4 Å². The van der Waals surface area contributed by atoms with E-state index >= 15 is 0 Å². The molecule has 1 heterocycles. The SMILES string of the molecule is COc1ccc(NC(=O)Nc2ccc(-c3cccc4c3CNC4=O)cc2)cc1OC. The van der Waals surface area contributed by atoms with Crippen LogP contribution in [0.15, 0.2) is 60.7 Å². The maximum Gasteiger partial charge on any atom is 0.323 e. The molecular weight excluding hydrogens is 382 g/mol. The van der Waals surface area contributed by atoms with Crippen molar-refractivity contribution in [1.82, 2.24) is 5.32 Å². The molecule has 1 aliphatic heterocycles. The summed E-state index contributed by atoms with van der Waals surface area (Å²) >= 11 is 0. The minimum Gasteiger partial charge on any atom is -0.493 e. The van der Waals surface area contributed by atoms with E-state index in [0.29, 0.717) is 35.0 Å². The predicted molar refractivity (Wildman–Crippen MR) is 115 cm³/mol. The second kappa shape index (κ2) is 8.16. The number of hydrogen-bond donors (Lipinski definition) is 3. The fraction of sp³-hybridized carbons (Fsp3) is 0.130. The molecule has 3 aromatic rings. The highest BCUT2D eigenvalue weighted by Crippen LogP contribution is 2.31. The Labute approximate surface area is 174 Å². The summed E-state index contributed by atoms with van der Waals surface area (Å²) in [5.41, 5.74) is 4.93. The summed E-state index contributed by atoms with van der Waals surface area (Å²) in [6.45, 7) is 0.526. The van der Waals surface area contributed by atoms with Gasteiger partial charge in [-0.25, -0.2) is 4.79 Å². The van der Waals surface area contributed by atoms with Crippen LogP contribution in [-0.2, 0) is 6.54 Å². The molecule has 0 aromatic heterocycles. The third-order valence-electron chi connectivity index (χ3n) is 4.94. The maximum atomic E-state index is 12.3. The number of benzene rings is 3. The summed E-state index contributed by atoms with van der Waals surface area (Å²) in [7, 11) is 3.09. The number of ether oxygens (including phenoxy) is 2. The molecule has 3 aromatic carbocycles. The summed E-state index contributed by atoms with van der Waals surface area (Å²) in [6, 6.07) is 18.0. The first-order chi connectivity index (χ1) is 14.6. The van der Waals surface area contributed by atoms with E-state index in [0.717, 1.165) is 16.7 Å².